The third-order valence-electron chi connectivity index (χ3n) is 6.38. The van der Waals surface area contributed by atoms with E-state index in [-0.39, 0.29) is 11.9 Å². The number of fused-ring (bicyclic) bond motifs is 1. The van der Waals surface area contributed by atoms with Crippen LogP contribution in [0.25, 0.3) is 16.7 Å². The molecule has 0 amide bonds. The normalized spacial score (nSPS) is 20.3. The van der Waals surface area contributed by atoms with E-state index in [4.69, 9.17) is 14.6 Å². The lowest BCUT2D eigenvalue weighted by Gasteiger charge is -2.30. The minimum atomic E-state index is -0.394. The van der Waals surface area contributed by atoms with Gasteiger partial charge in [-0.1, -0.05) is 0 Å². The van der Waals surface area contributed by atoms with Crippen molar-refractivity contribution in [2.75, 3.05) is 7.11 Å². The number of rotatable bonds is 5. The van der Waals surface area contributed by atoms with Crippen molar-refractivity contribution >= 4 is 16.9 Å². The maximum absolute atomic E-state index is 14.9. The van der Waals surface area contributed by atoms with Gasteiger partial charge in [0.25, 0.3) is 0 Å². The molecule has 34 heavy (non-hydrogen) atoms. The highest BCUT2D eigenvalue weighted by Gasteiger charge is 2.42. The molecular formula is C24H24FN7O2. The van der Waals surface area contributed by atoms with Crippen molar-refractivity contribution in [3.05, 3.63) is 65.9 Å². The molecule has 0 aromatic carbocycles. The van der Waals surface area contributed by atoms with Gasteiger partial charge in [0.2, 0.25) is 5.88 Å². The molecule has 1 aliphatic heterocycles. The van der Waals surface area contributed by atoms with Crippen molar-refractivity contribution in [3.8, 4) is 11.6 Å². The molecule has 1 N–H and O–H groups in total. The predicted molar refractivity (Wildman–Crippen MR) is 123 cm³/mol. The maximum atomic E-state index is 14.9. The molecule has 1 fully saturated rings. The number of aryl methyl sites for hydroxylation is 2. The summed E-state index contributed by atoms with van der Waals surface area (Å²) >= 11 is 0. The Morgan fingerprint density at radius 1 is 1.18 bits per heavy atom. The Bertz CT molecular complexity index is 1420. The van der Waals surface area contributed by atoms with Crippen LogP contribution >= 0.6 is 0 Å². The van der Waals surface area contributed by atoms with Crippen LogP contribution in [0.1, 0.15) is 35.8 Å². The maximum Gasteiger partial charge on any atom is 0.238 e. The van der Waals surface area contributed by atoms with Crippen molar-refractivity contribution in [2.45, 2.75) is 31.9 Å². The molecule has 5 heterocycles. The number of aromatic nitrogens is 5. The molecule has 0 radical (unpaired) electrons. The number of nitrogens with one attached hydrogen (secondary N) is 1. The highest BCUT2D eigenvalue weighted by molar-refractivity contribution is 5.97. The largest absolute Gasteiger partial charge is 0.479 e. The number of imidazole rings is 1. The minimum Gasteiger partial charge on any atom is -0.479 e. The summed E-state index contributed by atoms with van der Waals surface area (Å²) in [5.74, 6) is 0.952. The molecule has 10 heteroatoms. The Balaban J connectivity index is 1.44. The Hall–Kier alpha value is -3.79. The first-order valence-corrected chi connectivity index (χ1v) is 11.2. The van der Waals surface area contributed by atoms with Gasteiger partial charge in [-0.05, 0) is 43.9 Å². The summed E-state index contributed by atoms with van der Waals surface area (Å²) in [4.78, 5) is 24.4. The summed E-state index contributed by atoms with van der Waals surface area (Å²) in [6, 6.07) is 4.74. The lowest BCUT2D eigenvalue weighted by atomic mass is 9.98. The fourth-order valence-electron chi connectivity index (χ4n) is 4.56. The van der Waals surface area contributed by atoms with Crippen molar-refractivity contribution < 1.29 is 14.0 Å². The summed E-state index contributed by atoms with van der Waals surface area (Å²) in [5, 5.41) is 0.477. The second kappa shape index (κ2) is 7.91. The number of pyridine rings is 2. The standard InChI is InChI=1S/C24H24FN7O2/c1-13-10-32(12-27-13)18-7-6-17(28-24(18)33-3)22-29-20(21(34-30-22)14-4-5-14)15-11-31(2)23-19(15)16(25)8-9-26-23/h6-12,14,20-21H,4-5H2,1-3H3,(H,29,30). The molecule has 4 aromatic heterocycles. The number of amidine groups is 1. The Morgan fingerprint density at radius 2 is 2.03 bits per heavy atom. The zero-order chi connectivity index (χ0) is 23.4. The van der Waals surface area contributed by atoms with Gasteiger partial charge in [-0.25, -0.2) is 24.8 Å². The van der Waals surface area contributed by atoms with Crippen LogP contribution in [0.15, 0.2) is 48.1 Å². The fraction of sp³-hybridized carbons (Fsp3) is 0.333. The van der Waals surface area contributed by atoms with Gasteiger partial charge in [-0.15, -0.1) is 0 Å². The topological polar surface area (TPSA) is 91.4 Å². The van der Waals surface area contributed by atoms with Gasteiger partial charge in [0.05, 0.1) is 24.5 Å². The van der Waals surface area contributed by atoms with E-state index < -0.39 is 6.04 Å². The van der Waals surface area contributed by atoms with Gasteiger partial charge in [0, 0.05) is 31.2 Å². The quantitative estimate of drug-likeness (QED) is 0.490. The lowest BCUT2D eigenvalue weighted by molar-refractivity contribution is -0.0290. The van der Waals surface area contributed by atoms with Crippen LogP contribution in [-0.4, -0.2) is 43.1 Å². The summed E-state index contributed by atoms with van der Waals surface area (Å²) in [6.07, 6.45) is 8.91. The van der Waals surface area contributed by atoms with E-state index in [2.05, 4.69) is 20.4 Å². The summed E-state index contributed by atoms with van der Waals surface area (Å²) in [6.45, 7) is 1.92. The summed E-state index contributed by atoms with van der Waals surface area (Å²) in [7, 11) is 3.43. The van der Waals surface area contributed by atoms with Gasteiger partial charge in [0.1, 0.15) is 35.0 Å². The molecular weight excluding hydrogens is 437 g/mol. The lowest BCUT2D eigenvalue weighted by Crippen LogP contribution is -2.40. The van der Waals surface area contributed by atoms with Crippen LogP contribution in [0.4, 0.5) is 4.39 Å². The van der Waals surface area contributed by atoms with Gasteiger partial charge >= 0.3 is 0 Å². The average Bonchev–Trinajstić information content (AvgIpc) is 3.52. The van der Waals surface area contributed by atoms with E-state index in [1.54, 1.807) is 13.4 Å². The number of hydrogen-bond acceptors (Lipinski definition) is 7. The number of hydroxylamine groups is 1. The van der Waals surface area contributed by atoms with E-state index in [0.29, 0.717) is 34.4 Å². The van der Waals surface area contributed by atoms with Crippen molar-refractivity contribution in [2.24, 2.45) is 18.0 Å². The molecule has 9 nitrogen and oxygen atoms in total. The summed E-state index contributed by atoms with van der Waals surface area (Å²) < 4.78 is 24.1. The van der Waals surface area contributed by atoms with Crippen LogP contribution in [0, 0.1) is 18.7 Å². The third-order valence-corrected chi connectivity index (χ3v) is 6.38. The van der Waals surface area contributed by atoms with Gasteiger partial charge in [0.15, 0.2) is 5.84 Å². The van der Waals surface area contributed by atoms with Crippen LogP contribution in [0.2, 0.25) is 0 Å². The van der Waals surface area contributed by atoms with Crippen LogP contribution in [0.3, 0.4) is 0 Å². The van der Waals surface area contributed by atoms with Gasteiger partial charge in [-0.2, -0.15) is 0 Å². The number of halogens is 1. The second-order valence-corrected chi connectivity index (χ2v) is 8.78. The van der Waals surface area contributed by atoms with Crippen molar-refractivity contribution in [1.82, 2.24) is 29.6 Å². The fourth-order valence-corrected chi connectivity index (χ4v) is 4.56. The third kappa shape index (κ3) is 3.41. The van der Waals surface area contributed by atoms with Crippen LogP contribution in [0.5, 0.6) is 5.88 Å². The number of aliphatic imine (C=N–C) groups is 1. The summed E-state index contributed by atoms with van der Waals surface area (Å²) in [5.41, 5.74) is 6.55. The zero-order valence-electron chi connectivity index (χ0n) is 19.1. The monoisotopic (exact) mass is 461 g/mol. The SMILES string of the molecule is COc1nc(C2=NC(c3cn(C)c4nccc(F)c34)C(C3CC3)ON2)ccc1-n1cnc(C)c1. The van der Waals surface area contributed by atoms with Gasteiger partial charge < -0.3 is 13.9 Å². The van der Waals surface area contributed by atoms with Crippen LogP contribution in [-0.2, 0) is 11.9 Å². The number of nitrogens with zero attached hydrogens (tertiary/aromatic N) is 6. The first kappa shape index (κ1) is 20.8. The molecule has 4 aromatic rings. The smallest absolute Gasteiger partial charge is 0.238 e. The number of methoxy groups -OCH3 is 1. The molecule has 0 saturated heterocycles. The van der Waals surface area contributed by atoms with Crippen molar-refractivity contribution in [3.63, 3.8) is 0 Å². The Labute approximate surface area is 195 Å². The highest BCUT2D eigenvalue weighted by Crippen LogP contribution is 2.44. The predicted octanol–water partition coefficient (Wildman–Crippen LogP) is 3.41. The Kier molecular flexibility index (Phi) is 4.84. The number of ether oxygens (including phenoxy) is 1. The molecule has 0 bridgehead atoms. The number of hydrogen-bond donors (Lipinski definition) is 1. The van der Waals surface area contributed by atoms with Crippen LogP contribution < -0.4 is 10.2 Å². The average molecular weight is 462 g/mol. The second-order valence-electron chi connectivity index (χ2n) is 8.78. The molecule has 2 aliphatic rings. The van der Waals surface area contributed by atoms with E-state index in [1.807, 2.05) is 47.6 Å². The molecule has 2 unspecified atom stereocenters. The molecule has 174 valence electrons. The molecule has 2 atom stereocenters. The first-order valence-electron chi connectivity index (χ1n) is 11.2. The van der Waals surface area contributed by atoms with E-state index in [1.165, 1.54) is 12.3 Å². The Morgan fingerprint density at radius 3 is 2.76 bits per heavy atom. The van der Waals surface area contributed by atoms with E-state index in [0.717, 1.165) is 29.8 Å². The molecule has 1 aliphatic carbocycles. The molecule has 6 rings (SSSR count). The van der Waals surface area contributed by atoms with Gasteiger partial charge in [-0.3, -0.25) is 9.83 Å². The zero-order valence-corrected chi connectivity index (χ0v) is 19.1. The highest BCUT2D eigenvalue weighted by atomic mass is 19.1. The van der Waals surface area contributed by atoms with E-state index >= 15 is 0 Å². The minimum absolute atomic E-state index is 0.205. The molecule has 0 spiro atoms. The molecule has 1 saturated carbocycles. The van der Waals surface area contributed by atoms with Crippen molar-refractivity contribution in [1.29, 1.82) is 0 Å². The van der Waals surface area contributed by atoms with E-state index in [9.17, 15) is 4.39 Å². The first-order chi connectivity index (χ1) is 16.5.